The number of amides is 2. The number of carbonyl (C=O) groups is 1. The van der Waals surface area contributed by atoms with E-state index in [9.17, 15) is 22.8 Å². The van der Waals surface area contributed by atoms with Crippen LogP contribution in [-0.4, -0.2) is 27.3 Å². The lowest BCUT2D eigenvalue weighted by Crippen LogP contribution is -2.31. The summed E-state index contributed by atoms with van der Waals surface area (Å²) < 4.78 is 38.9. The largest absolute Gasteiger partial charge is 0.416 e. The van der Waals surface area contributed by atoms with E-state index in [0.717, 1.165) is 17.7 Å². The van der Waals surface area contributed by atoms with Crippen LogP contribution in [0.3, 0.4) is 0 Å². The summed E-state index contributed by atoms with van der Waals surface area (Å²) in [7, 11) is 0. The fourth-order valence-corrected chi connectivity index (χ4v) is 2.63. The topological polar surface area (TPSA) is 88.9 Å². The number of carbonyl (C=O) groups excluding carboxylic acids is 1. The van der Waals surface area contributed by atoms with Gasteiger partial charge in [-0.2, -0.15) is 18.3 Å². The van der Waals surface area contributed by atoms with Crippen LogP contribution in [0.2, 0.25) is 0 Å². The second-order valence-corrected chi connectivity index (χ2v) is 6.33. The van der Waals surface area contributed by atoms with Crippen LogP contribution in [0.25, 0.3) is 11.3 Å². The molecule has 0 radical (unpaired) electrons. The molecule has 0 spiro atoms. The molecule has 7 nitrogen and oxygen atoms in total. The molecule has 0 aliphatic heterocycles. The summed E-state index contributed by atoms with van der Waals surface area (Å²) in [4.78, 5) is 27.8. The predicted molar refractivity (Wildman–Crippen MR) is 105 cm³/mol. The number of alkyl halides is 3. The van der Waals surface area contributed by atoms with Gasteiger partial charge in [-0.25, -0.2) is 9.48 Å². The van der Waals surface area contributed by atoms with Crippen LogP contribution in [0.1, 0.15) is 12.0 Å². The number of nitrogens with one attached hydrogen (secondary N) is 2. The standard InChI is InChI=1S/C20H18F3N5O2/c21-20(22,23)15-2-4-16(5-3-15)26-19(30)25-10-1-13-28-18(29)7-6-17(27-28)14-8-11-24-12-9-14/h2-9,11-12H,1,10,13H2,(H2,25,26,30). The second kappa shape index (κ2) is 9.21. The first-order chi connectivity index (χ1) is 14.3. The third-order valence-corrected chi connectivity index (χ3v) is 4.15. The number of nitrogens with zero attached hydrogens (tertiary/aromatic N) is 3. The number of urea groups is 1. The first-order valence-electron chi connectivity index (χ1n) is 9.03. The van der Waals surface area contributed by atoms with Crippen molar-refractivity contribution in [2.45, 2.75) is 19.1 Å². The second-order valence-electron chi connectivity index (χ2n) is 6.33. The number of anilines is 1. The summed E-state index contributed by atoms with van der Waals surface area (Å²) in [6, 6.07) is 10.2. The van der Waals surface area contributed by atoms with Crippen LogP contribution in [0, 0.1) is 0 Å². The van der Waals surface area contributed by atoms with Crippen LogP contribution < -0.4 is 16.2 Å². The molecular formula is C20H18F3N5O2. The van der Waals surface area contributed by atoms with Gasteiger partial charge in [-0.1, -0.05) is 0 Å². The highest BCUT2D eigenvalue weighted by Crippen LogP contribution is 2.29. The summed E-state index contributed by atoms with van der Waals surface area (Å²) in [6.07, 6.45) is -0.730. The molecule has 0 aliphatic carbocycles. The minimum absolute atomic E-state index is 0.239. The van der Waals surface area contributed by atoms with Gasteiger partial charge in [0, 0.05) is 42.8 Å². The third kappa shape index (κ3) is 5.66. The third-order valence-electron chi connectivity index (χ3n) is 4.15. The maximum atomic E-state index is 12.5. The number of pyridine rings is 1. The lowest BCUT2D eigenvalue weighted by molar-refractivity contribution is -0.137. The molecule has 3 rings (SSSR count). The van der Waals surface area contributed by atoms with E-state index in [1.165, 1.54) is 22.9 Å². The van der Waals surface area contributed by atoms with Gasteiger partial charge in [-0.15, -0.1) is 0 Å². The lowest BCUT2D eigenvalue weighted by atomic mass is 10.2. The Morgan fingerprint density at radius 2 is 1.70 bits per heavy atom. The highest BCUT2D eigenvalue weighted by molar-refractivity contribution is 5.89. The van der Waals surface area contributed by atoms with E-state index >= 15 is 0 Å². The van der Waals surface area contributed by atoms with Crippen molar-refractivity contribution in [1.29, 1.82) is 0 Å². The summed E-state index contributed by atoms with van der Waals surface area (Å²) in [5.41, 5.74) is 0.642. The summed E-state index contributed by atoms with van der Waals surface area (Å²) in [5.74, 6) is 0. The van der Waals surface area contributed by atoms with E-state index in [1.807, 2.05) is 0 Å². The van der Waals surface area contributed by atoms with Crippen molar-refractivity contribution in [1.82, 2.24) is 20.1 Å². The van der Waals surface area contributed by atoms with Crippen LogP contribution in [0.4, 0.5) is 23.7 Å². The van der Waals surface area contributed by atoms with E-state index in [4.69, 9.17) is 0 Å². The van der Waals surface area contributed by atoms with E-state index in [2.05, 4.69) is 20.7 Å². The summed E-state index contributed by atoms with van der Waals surface area (Å²) >= 11 is 0. The van der Waals surface area contributed by atoms with Crippen LogP contribution in [0.5, 0.6) is 0 Å². The Hall–Kier alpha value is -3.69. The number of aromatic nitrogens is 3. The zero-order valence-electron chi connectivity index (χ0n) is 15.7. The number of rotatable bonds is 6. The minimum atomic E-state index is -4.43. The molecule has 1 aromatic carbocycles. The molecule has 156 valence electrons. The van der Waals surface area contributed by atoms with Crippen molar-refractivity contribution >= 4 is 11.7 Å². The molecule has 2 aromatic heterocycles. The van der Waals surface area contributed by atoms with Gasteiger partial charge in [0.15, 0.2) is 0 Å². The first-order valence-corrected chi connectivity index (χ1v) is 9.03. The Kier molecular flexibility index (Phi) is 6.45. The van der Waals surface area contributed by atoms with Gasteiger partial charge in [-0.3, -0.25) is 9.78 Å². The Labute approximate surface area is 169 Å². The molecule has 30 heavy (non-hydrogen) atoms. The molecule has 0 saturated carbocycles. The van der Waals surface area contributed by atoms with Crippen molar-refractivity contribution in [2.75, 3.05) is 11.9 Å². The number of benzene rings is 1. The maximum Gasteiger partial charge on any atom is 0.416 e. The van der Waals surface area contributed by atoms with Crippen molar-refractivity contribution in [3.63, 3.8) is 0 Å². The van der Waals surface area contributed by atoms with Gasteiger partial charge in [0.25, 0.3) is 5.56 Å². The fraction of sp³-hybridized carbons (Fsp3) is 0.200. The summed E-state index contributed by atoms with van der Waals surface area (Å²) in [6.45, 7) is 0.540. The van der Waals surface area contributed by atoms with E-state index in [1.54, 1.807) is 30.6 Å². The lowest BCUT2D eigenvalue weighted by Gasteiger charge is -2.10. The van der Waals surface area contributed by atoms with Crippen LogP contribution >= 0.6 is 0 Å². The molecule has 2 N–H and O–H groups in total. The monoisotopic (exact) mass is 417 g/mol. The van der Waals surface area contributed by atoms with Crippen molar-refractivity contribution in [3.8, 4) is 11.3 Å². The molecule has 0 aliphatic rings. The molecule has 0 bridgehead atoms. The molecule has 2 heterocycles. The van der Waals surface area contributed by atoms with Gasteiger partial charge in [0.1, 0.15) is 0 Å². The van der Waals surface area contributed by atoms with Gasteiger partial charge >= 0.3 is 12.2 Å². The molecular weight excluding hydrogens is 399 g/mol. The Morgan fingerprint density at radius 1 is 1.00 bits per heavy atom. The van der Waals surface area contributed by atoms with Crippen molar-refractivity contribution < 1.29 is 18.0 Å². The molecule has 0 unspecified atom stereocenters. The zero-order valence-corrected chi connectivity index (χ0v) is 15.7. The molecule has 0 fully saturated rings. The van der Waals surface area contributed by atoms with Gasteiger partial charge < -0.3 is 10.6 Å². The molecule has 0 saturated heterocycles. The normalized spacial score (nSPS) is 11.2. The number of halogens is 3. The Bertz CT molecular complexity index is 1050. The van der Waals surface area contributed by atoms with Gasteiger partial charge in [0.05, 0.1) is 11.3 Å². The number of hydrogen-bond acceptors (Lipinski definition) is 4. The van der Waals surface area contributed by atoms with Crippen LogP contribution in [-0.2, 0) is 12.7 Å². The Balaban J connectivity index is 1.49. The fourth-order valence-electron chi connectivity index (χ4n) is 2.63. The average Bonchev–Trinajstić information content (AvgIpc) is 2.73. The average molecular weight is 417 g/mol. The first kappa shape index (κ1) is 21.0. The summed E-state index contributed by atoms with van der Waals surface area (Å²) in [5, 5.41) is 9.35. The Morgan fingerprint density at radius 3 is 2.37 bits per heavy atom. The SMILES string of the molecule is O=C(NCCCn1nc(-c2ccncc2)ccc1=O)Nc1ccc(C(F)(F)F)cc1. The zero-order chi connectivity index (χ0) is 21.6. The van der Waals surface area contributed by atoms with Gasteiger partial charge in [0.2, 0.25) is 0 Å². The van der Waals surface area contributed by atoms with Crippen molar-refractivity contribution in [3.05, 3.63) is 76.8 Å². The number of hydrogen-bond donors (Lipinski definition) is 2. The molecule has 10 heteroatoms. The van der Waals surface area contributed by atoms with Crippen molar-refractivity contribution in [2.24, 2.45) is 0 Å². The van der Waals surface area contributed by atoms with Gasteiger partial charge in [-0.05, 0) is 48.9 Å². The molecule has 0 atom stereocenters. The van der Waals surface area contributed by atoms with E-state index < -0.39 is 17.8 Å². The maximum absolute atomic E-state index is 12.5. The minimum Gasteiger partial charge on any atom is -0.338 e. The quantitative estimate of drug-likeness (QED) is 0.601. The predicted octanol–water partition coefficient (Wildman–Crippen LogP) is 3.54. The smallest absolute Gasteiger partial charge is 0.338 e. The highest BCUT2D eigenvalue weighted by Gasteiger charge is 2.29. The van der Waals surface area contributed by atoms with Crippen LogP contribution in [0.15, 0.2) is 65.7 Å². The number of aryl methyl sites for hydroxylation is 1. The molecule has 3 aromatic rings. The van der Waals surface area contributed by atoms with E-state index in [0.29, 0.717) is 12.1 Å². The molecule has 2 amide bonds. The highest BCUT2D eigenvalue weighted by atomic mass is 19.4. The van der Waals surface area contributed by atoms with E-state index in [-0.39, 0.29) is 24.3 Å².